The van der Waals surface area contributed by atoms with E-state index in [1.807, 2.05) is 4.90 Å². The predicted octanol–water partition coefficient (Wildman–Crippen LogP) is 1.50. The molecule has 104 valence electrons. The molecule has 1 aliphatic heterocycles. The maximum absolute atomic E-state index is 12.6. The number of pyridine rings is 1. The molecule has 1 aromatic rings. The van der Waals surface area contributed by atoms with Crippen LogP contribution in [0.5, 0.6) is 0 Å². The summed E-state index contributed by atoms with van der Waals surface area (Å²) in [5.41, 5.74) is 0.606. The molecule has 2 heterocycles. The number of aliphatic hydroxyl groups is 1. The van der Waals surface area contributed by atoms with E-state index in [9.17, 15) is 4.79 Å². The molecule has 1 amide bonds. The Labute approximate surface area is 113 Å². The molecule has 0 aromatic carbocycles. The minimum Gasteiger partial charge on any atom is -0.396 e. The van der Waals surface area contributed by atoms with Crippen LogP contribution in [0.1, 0.15) is 36.0 Å². The van der Waals surface area contributed by atoms with Crippen molar-refractivity contribution in [3.8, 4) is 0 Å². The highest BCUT2D eigenvalue weighted by Gasteiger charge is 2.28. The number of carbonyl (C=O) groups excluding carboxylic acids is 1. The van der Waals surface area contributed by atoms with Gasteiger partial charge in [-0.2, -0.15) is 0 Å². The van der Waals surface area contributed by atoms with Gasteiger partial charge in [-0.15, -0.1) is 0 Å². The van der Waals surface area contributed by atoms with Gasteiger partial charge in [-0.25, -0.2) is 4.98 Å². The van der Waals surface area contributed by atoms with E-state index in [1.54, 1.807) is 25.4 Å². The van der Waals surface area contributed by atoms with E-state index < -0.39 is 0 Å². The van der Waals surface area contributed by atoms with Gasteiger partial charge in [0.25, 0.3) is 5.91 Å². The second kappa shape index (κ2) is 6.52. The van der Waals surface area contributed by atoms with E-state index in [-0.39, 0.29) is 18.6 Å². The Morgan fingerprint density at radius 3 is 3.16 bits per heavy atom. The first-order chi connectivity index (χ1) is 9.27. The van der Waals surface area contributed by atoms with Crippen LogP contribution in [0, 0.1) is 0 Å². The summed E-state index contributed by atoms with van der Waals surface area (Å²) in [6.45, 7) is 0.891. The lowest BCUT2D eigenvalue weighted by Gasteiger charge is -2.35. The van der Waals surface area contributed by atoms with Gasteiger partial charge >= 0.3 is 0 Å². The standard InChI is InChI=1S/C14H21N3O2/c1-15-13-12(6-4-8-16-13)14(19)17-9-3-2-5-11(17)7-10-18/h4,6,8,11,18H,2-3,5,7,9-10H2,1H3,(H,15,16). The highest BCUT2D eigenvalue weighted by atomic mass is 16.3. The minimum absolute atomic E-state index is 0.00981. The largest absolute Gasteiger partial charge is 0.396 e. The molecule has 1 aromatic heterocycles. The minimum atomic E-state index is 0.00981. The number of aliphatic hydroxyl groups excluding tert-OH is 1. The second-order valence-corrected chi connectivity index (χ2v) is 4.81. The predicted molar refractivity (Wildman–Crippen MR) is 74.2 cm³/mol. The van der Waals surface area contributed by atoms with Crippen molar-refractivity contribution < 1.29 is 9.90 Å². The third-order valence-corrected chi connectivity index (χ3v) is 3.63. The van der Waals surface area contributed by atoms with Crippen LogP contribution in [0.3, 0.4) is 0 Å². The van der Waals surface area contributed by atoms with Crippen LogP contribution in [-0.2, 0) is 0 Å². The van der Waals surface area contributed by atoms with Crippen LogP contribution in [0.15, 0.2) is 18.3 Å². The summed E-state index contributed by atoms with van der Waals surface area (Å²) in [5.74, 6) is 0.622. The van der Waals surface area contributed by atoms with Crippen molar-refractivity contribution >= 4 is 11.7 Å². The number of likely N-dealkylation sites (tertiary alicyclic amines) is 1. The zero-order chi connectivity index (χ0) is 13.7. The van der Waals surface area contributed by atoms with Gasteiger partial charge in [0.15, 0.2) is 0 Å². The van der Waals surface area contributed by atoms with Crippen LogP contribution in [0.2, 0.25) is 0 Å². The molecule has 1 fully saturated rings. The van der Waals surface area contributed by atoms with Crippen LogP contribution < -0.4 is 5.32 Å². The van der Waals surface area contributed by atoms with E-state index in [0.29, 0.717) is 17.8 Å². The maximum Gasteiger partial charge on any atom is 0.257 e. The molecule has 2 N–H and O–H groups in total. The molecule has 1 atom stereocenters. The summed E-state index contributed by atoms with van der Waals surface area (Å²) in [6, 6.07) is 3.72. The van der Waals surface area contributed by atoms with E-state index in [0.717, 1.165) is 25.8 Å². The van der Waals surface area contributed by atoms with Gasteiger partial charge in [-0.05, 0) is 37.8 Å². The highest BCUT2D eigenvalue weighted by molar-refractivity contribution is 5.98. The first-order valence-electron chi connectivity index (χ1n) is 6.82. The number of aromatic nitrogens is 1. The molecule has 19 heavy (non-hydrogen) atoms. The average molecular weight is 263 g/mol. The third kappa shape index (κ3) is 3.04. The average Bonchev–Trinajstić information content (AvgIpc) is 2.47. The molecule has 0 aliphatic carbocycles. The lowest BCUT2D eigenvalue weighted by molar-refractivity contribution is 0.0575. The molecule has 1 saturated heterocycles. The van der Waals surface area contributed by atoms with Crippen molar-refractivity contribution in [2.24, 2.45) is 0 Å². The van der Waals surface area contributed by atoms with Crippen LogP contribution in [0.4, 0.5) is 5.82 Å². The van der Waals surface area contributed by atoms with Crippen molar-refractivity contribution in [3.63, 3.8) is 0 Å². The smallest absolute Gasteiger partial charge is 0.257 e. The van der Waals surface area contributed by atoms with Gasteiger partial charge in [0.05, 0.1) is 5.56 Å². The molecular weight excluding hydrogens is 242 g/mol. The number of nitrogens with one attached hydrogen (secondary N) is 1. The monoisotopic (exact) mass is 263 g/mol. The Hall–Kier alpha value is -1.62. The first kappa shape index (κ1) is 13.8. The zero-order valence-electron chi connectivity index (χ0n) is 11.3. The summed E-state index contributed by atoms with van der Waals surface area (Å²) in [7, 11) is 1.76. The van der Waals surface area contributed by atoms with E-state index in [2.05, 4.69) is 10.3 Å². The molecule has 1 unspecified atom stereocenters. The van der Waals surface area contributed by atoms with Crippen molar-refractivity contribution in [2.45, 2.75) is 31.7 Å². The Morgan fingerprint density at radius 1 is 1.58 bits per heavy atom. The fourth-order valence-electron chi connectivity index (χ4n) is 2.65. The van der Waals surface area contributed by atoms with Gasteiger partial charge in [0.1, 0.15) is 5.82 Å². The topological polar surface area (TPSA) is 65.5 Å². The Morgan fingerprint density at radius 2 is 2.42 bits per heavy atom. The Balaban J connectivity index is 2.21. The summed E-state index contributed by atoms with van der Waals surface area (Å²) < 4.78 is 0. The Bertz CT molecular complexity index is 434. The van der Waals surface area contributed by atoms with Crippen LogP contribution >= 0.6 is 0 Å². The van der Waals surface area contributed by atoms with Gasteiger partial charge in [-0.3, -0.25) is 4.79 Å². The fraction of sp³-hybridized carbons (Fsp3) is 0.571. The van der Waals surface area contributed by atoms with E-state index >= 15 is 0 Å². The molecule has 0 spiro atoms. The number of carbonyl (C=O) groups is 1. The van der Waals surface area contributed by atoms with Gasteiger partial charge < -0.3 is 15.3 Å². The number of piperidine rings is 1. The zero-order valence-corrected chi connectivity index (χ0v) is 11.3. The summed E-state index contributed by atoms with van der Waals surface area (Å²) >= 11 is 0. The number of hydrogen-bond acceptors (Lipinski definition) is 4. The third-order valence-electron chi connectivity index (χ3n) is 3.63. The summed E-state index contributed by atoms with van der Waals surface area (Å²) in [4.78, 5) is 18.7. The SMILES string of the molecule is CNc1ncccc1C(=O)N1CCCCC1CCO. The van der Waals surface area contributed by atoms with E-state index in [1.165, 1.54) is 0 Å². The van der Waals surface area contributed by atoms with Gasteiger partial charge in [0, 0.05) is 32.4 Å². The van der Waals surface area contributed by atoms with Gasteiger partial charge in [-0.1, -0.05) is 0 Å². The molecule has 5 heteroatoms. The quantitative estimate of drug-likeness (QED) is 0.864. The maximum atomic E-state index is 12.6. The molecule has 0 radical (unpaired) electrons. The number of amides is 1. The molecule has 2 rings (SSSR count). The van der Waals surface area contributed by atoms with Crippen molar-refractivity contribution in [1.29, 1.82) is 0 Å². The summed E-state index contributed by atoms with van der Waals surface area (Å²) in [6.07, 6.45) is 5.45. The van der Waals surface area contributed by atoms with Gasteiger partial charge in [0.2, 0.25) is 0 Å². The first-order valence-corrected chi connectivity index (χ1v) is 6.82. The van der Waals surface area contributed by atoms with Crippen LogP contribution in [0.25, 0.3) is 0 Å². The highest BCUT2D eigenvalue weighted by Crippen LogP contribution is 2.23. The number of hydrogen-bond donors (Lipinski definition) is 2. The molecule has 0 bridgehead atoms. The van der Waals surface area contributed by atoms with Crippen molar-refractivity contribution in [3.05, 3.63) is 23.9 Å². The number of rotatable bonds is 4. The summed E-state index contributed by atoms with van der Waals surface area (Å²) in [5, 5.41) is 12.1. The number of anilines is 1. The normalized spacial score (nSPS) is 19.3. The second-order valence-electron chi connectivity index (χ2n) is 4.81. The van der Waals surface area contributed by atoms with Crippen LogP contribution in [-0.4, -0.2) is 47.1 Å². The van der Waals surface area contributed by atoms with Crippen molar-refractivity contribution in [1.82, 2.24) is 9.88 Å². The fourth-order valence-corrected chi connectivity index (χ4v) is 2.65. The van der Waals surface area contributed by atoms with E-state index in [4.69, 9.17) is 5.11 Å². The number of nitrogens with zero attached hydrogens (tertiary/aromatic N) is 2. The molecule has 5 nitrogen and oxygen atoms in total. The lowest BCUT2D eigenvalue weighted by atomic mass is 9.98. The lowest BCUT2D eigenvalue weighted by Crippen LogP contribution is -2.44. The van der Waals surface area contributed by atoms with Crippen molar-refractivity contribution in [2.75, 3.05) is 25.5 Å². The molecule has 0 saturated carbocycles. The molecule has 1 aliphatic rings. The molecular formula is C14H21N3O2. The Kier molecular flexibility index (Phi) is 4.74.